The molecule has 0 amide bonds. The van der Waals surface area contributed by atoms with Crippen LogP contribution in [0.25, 0.3) is 0 Å². The Balaban J connectivity index is 2.01. The molecule has 2 saturated carbocycles. The Morgan fingerprint density at radius 3 is 1.83 bits per heavy atom. The Hall–Kier alpha value is 0. The molecule has 2 aliphatic carbocycles. The molecule has 0 aromatic rings. The van der Waals surface area contributed by atoms with Crippen LogP contribution < -0.4 is 0 Å². The van der Waals surface area contributed by atoms with E-state index in [0.717, 1.165) is 29.6 Å². The molecule has 3 atom stereocenters. The van der Waals surface area contributed by atoms with E-state index in [1.165, 1.54) is 44.9 Å². The van der Waals surface area contributed by atoms with Crippen molar-refractivity contribution in [3.05, 3.63) is 0 Å². The molecular formula is C18H34. The Morgan fingerprint density at radius 2 is 1.28 bits per heavy atom. The van der Waals surface area contributed by atoms with Gasteiger partial charge in [-0.25, -0.2) is 0 Å². The van der Waals surface area contributed by atoms with Crippen molar-refractivity contribution in [2.24, 2.45) is 35.0 Å². The van der Waals surface area contributed by atoms with E-state index in [0.29, 0.717) is 5.41 Å². The van der Waals surface area contributed by atoms with Crippen LogP contribution in [0, 0.1) is 35.0 Å². The minimum Gasteiger partial charge on any atom is -0.0625 e. The average Bonchev–Trinajstić information content (AvgIpc) is 2.29. The smallest absolute Gasteiger partial charge is 0.0295 e. The van der Waals surface area contributed by atoms with Crippen molar-refractivity contribution in [1.82, 2.24) is 0 Å². The monoisotopic (exact) mass is 250 g/mol. The van der Waals surface area contributed by atoms with Crippen LogP contribution >= 0.6 is 0 Å². The van der Waals surface area contributed by atoms with Crippen molar-refractivity contribution in [3.8, 4) is 0 Å². The fourth-order valence-electron chi connectivity index (χ4n) is 5.08. The van der Waals surface area contributed by atoms with Gasteiger partial charge in [0.15, 0.2) is 0 Å². The van der Waals surface area contributed by atoms with Gasteiger partial charge < -0.3 is 0 Å². The van der Waals surface area contributed by atoms with Gasteiger partial charge in [-0.1, -0.05) is 53.9 Å². The number of hydrogen-bond acceptors (Lipinski definition) is 0. The third-order valence-corrected chi connectivity index (χ3v) is 6.46. The average molecular weight is 250 g/mol. The lowest BCUT2D eigenvalue weighted by Crippen LogP contribution is -2.40. The van der Waals surface area contributed by atoms with E-state index in [-0.39, 0.29) is 0 Å². The van der Waals surface area contributed by atoms with Gasteiger partial charge in [0, 0.05) is 0 Å². The predicted octanol–water partition coefficient (Wildman–Crippen LogP) is 5.91. The maximum atomic E-state index is 2.59. The fourth-order valence-corrected chi connectivity index (χ4v) is 5.08. The summed E-state index contributed by atoms with van der Waals surface area (Å²) in [7, 11) is 0. The zero-order valence-corrected chi connectivity index (χ0v) is 13.3. The van der Waals surface area contributed by atoms with Gasteiger partial charge in [-0.15, -0.1) is 0 Å². The molecule has 0 N–H and O–H groups in total. The molecule has 0 aliphatic heterocycles. The summed E-state index contributed by atoms with van der Waals surface area (Å²) >= 11 is 0. The highest BCUT2D eigenvalue weighted by molar-refractivity contribution is 4.92. The third kappa shape index (κ3) is 2.94. The lowest BCUT2D eigenvalue weighted by atomic mass is 9.56. The van der Waals surface area contributed by atoms with Gasteiger partial charge >= 0.3 is 0 Å². The molecule has 2 fully saturated rings. The minimum absolute atomic E-state index is 0.583. The first-order valence-electron chi connectivity index (χ1n) is 8.41. The van der Waals surface area contributed by atoms with E-state index in [1.807, 2.05) is 0 Å². The summed E-state index contributed by atoms with van der Waals surface area (Å²) in [5, 5.41) is 0. The zero-order valence-electron chi connectivity index (χ0n) is 13.3. The second-order valence-electron chi connectivity index (χ2n) is 8.28. The summed E-state index contributed by atoms with van der Waals surface area (Å²) < 4.78 is 0. The highest BCUT2D eigenvalue weighted by Gasteiger charge is 2.42. The van der Waals surface area contributed by atoms with Gasteiger partial charge in [0.1, 0.15) is 0 Å². The second kappa shape index (κ2) is 5.55. The van der Waals surface area contributed by atoms with Crippen LogP contribution in [0.3, 0.4) is 0 Å². The Morgan fingerprint density at radius 1 is 0.722 bits per heavy atom. The Bertz CT molecular complexity index is 257. The molecule has 2 unspecified atom stereocenters. The van der Waals surface area contributed by atoms with Crippen LogP contribution in [-0.2, 0) is 0 Å². The van der Waals surface area contributed by atoms with Gasteiger partial charge in [0.2, 0.25) is 0 Å². The molecule has 0 bridgehead atoms. The van der Waals surface area contributed by atoms with Crippen LogP contribution in [0.2, 0.25) is 0 Å². The molecule has 0 aromatic heterocycles. The van der Waals surface area contributed by atoms with Crippen molar-refractivity contribution in [1.29, 1.82) is 0 Å². The number of rotatable bonds is 2. The van der Waals surface area contributed by atoms with E-state index < -0.39 is 0 Å². The minimum atomic E-state index is 0.583. The highest BCUT2D eigenvalue weighted by Crippen LogP contribution is 2.51. The quantitative estimate of drug-likeness (QED) is 0.571. The van der Waals surface area contributed by atoms with Crippen LogP contribution in [0.1, 0.15) is 79.6 Å². The maximum absolute atomic E-state index is 2.59. The van der Waals surface area contributed by atoms with Gasteiger partial charge in [-0.05, 0) is 60.7 Å². The lowest BCUT2D eigenvalue weighted by molar-refractivity contribution is 0.0100. The van der Waals surface area contributed by atoms with Crippen molar-refractivity contribution in [2.75, 3.05) is 0 Å². The zero-order chi connectivity index (χ0) is 13.3. The van der Waals surface area contributed by atoms with Gasteiger partial charge in [-0.2, -0.15) is 0 Å². The van der Waals surface area contributed by atoms with Crippen LogP contribution in [-0.4, -0.2) is 0 Å². The fraction of sp³-hybridized carbons (Fsp3) is 1.00. The Kier molecular flexibility index (Phi) is 4.44. The molecule has 0 nitrogen and oxygen atoms in total. The third-order valence-electron chi connectivity index (χ3n) is 6.46. The molecular weight excluding hydrogens is 216 g/mol. The van der Waals surface area contributed by atoms with E-state index in [4.69, 9.17) is 0 Å². The molecule has 0 heteroatoms. The molecule has 106 valence electrons. The van der Waals surface area contributed by atoms with E-state index in [9.17, 15) is 0 Å². The first kappa shape index (κ1) is 14.4. The summed E-state index contributed by atoms with van der Waals surface area (Å²) in [6.45, 7) is 12.6. The normalized spacial score (nSPS) is 42.8. The molecule has 0 aromatic carbocycles. The summed E-state index contributed by atoms with van der Waals surface area (Å²) in [5.74, 6) is 4.88. The first-order chi connectivity index (χ1) is 8.41. The molecule has 0 heterocycles. The largest absolute Gasteiger partial charge is 0.0625 e. The maximum Gasteiger partial charge on any atom is -0.0295 e. The molecule has 2 aliphatic rings. The SMILES string of the molecule is CC1CCC(C(C)(C)C2CCC(C)C[C@@H]2C)CC1. The van der Waals surface area contributed by atoms with Gasteiger partial charge in [0.05, 0.1) is 0 Å². The van der Waals surface area contributed by atoms with Gasteiger partial charge in [0.25, 0.3) is 0 Å². The van der Waals surface area contributed by atoms with E-state index >= 15 is 0 Å². The Labute approximate surface area is 115 Å². The van der Waals surface area contributed by atoms with Gasteiger partial charge in [-0.3, -0.25) is 0 Å². The summed E-state index contributed by atoms with van der Waals surface area (Å²) in [6, 6.07) is 0. The molecule has 0 radical (unpaired) electrons. The standard InChI is InChI=1S/C18H34/c1-13-6-9-16(10-7-13)18(4,5)17-11-8-14(2)12-15(17)3/h13-17H,6-12H2,1-5H3/t13?,14?,15-,16?,17?/m0/s1. The van der Waals surface area contributed by atoms with Crippen molar-refractivity contribution >= 4 is 0 Å². The predicted molar refractivity (Wildman–Crippen MR) is 80.6 cm³/mol. The highest BCUT2D eigenvalue weighted by atomic mass is 14.5. The molecule has 0 saturated heterocycles. The second-order valence-corrected chi connectivity index (χ2v) is 8.28. The summed E-state index contributed by atoms with van der Waals surface area (Å²) in [5.41, 5.74) is 0.583. The lowest BCUT2D eigenvalue weighted by Gasteiger charge is -2.49. The van der Waals surface area contributed by atoms with E-state index in [2.05, 4.69) is 34.6 Å². The molecule has 18 heavy (non-hydrogen) atoms. The van der Waals surface area contributed by atoms with Crippen LogP contribution in [0.15, 0.2) is 0 Å². The van der Waals surface area contributed by atoms with Crippen LogP contribution in [0.5, 0.6) is 0 Å². The van der Waals surface area contributed by atoms with Crippen molar-refractivity contribution in [3.63, 3.8) is 0 Å². The first-order valence-corrected chi connectivity index (χ1v) is 8.41. The summed E-state index contributed by atoms with van der Waals surface area (Å²) in [6.07, 6.45) is 10.4. The summed E-state index contributed by atoms with van der Waals surface area (Å²) in [4.78, 5) is 0. The van der Waals surface area contributed by atoms with Crippen LogP contribution in [0.4, 0.5) is 0 Å². The molecule has 0 spiro atoms. The van der Waals surface area contributed by atoms with Crippen molar-refractivity contribution in [2.45, 2.75) is 79.6 Å². The van der Waals surface area contributed by atoms with Crippen molar-refractivity contribution < 1.29 is 0 Å². The molecule has 2 rings (SSSR count). The topological polar surface area (TPSA) is 0 Å². The number of hydrogen-bond donors (Lipinski definition) is 0. The van der Waals surface area contributed by atoms with E-state index in [1.54, 1.807) is 0 Å².